The van der Waals surface area contributed by atoms with Crippen LogP contribution in [0.5, 0.6) is 0 Å². The first-order chi connectivity index (χ1) is 6.09. The molecule has 0 amide bonds. The number of thiazole rings is 1. The fourth-order valence-corrected chi connectivity index (χ4v) is 1.80. The molecule has 0 saturated heterocycles. The molecule has 1 rings (SSSR count). The molecule has 1 heterocycles. The number of hydrogen-bond acceptors (Lipinski definition) is 3. The Kier molecular flexibility index (Phi) is 4.99. The lowest BCUT2D eigenvalue weighted by Crippen LogP contribution is -1.99. The third-order valence-corrected chi connectivity index (χ3v) is 2.38. The van der Waals surface area contributed by atoms with Crippen molar-refractivity contribution in [1.29, 1.82) is 0 Å². The summed E-state index contributed by atoms with van der Waals surface area (Å²) in [7, 11) is 0. The number of aromatic nitrogens is 1. The summed E-state index contributed by atoms with van der Waals surface area (Å²) in [6.45, 7) is 9.71. The molecular weight excluding hydrogens is 186 g/mol. The molecule has 0 spiro atoms. The van der Waals surface area contributed by atoms with Crippen molar-refractivity contribution in [2.45, 2.75) is 20.3 Å². The van der Waals surface area contributed by atoms with Gasteiger partial charge in [0.1, 0.15) is 0 Å². The molecule has 0 atom stereocenters. The number of aliphatic carboxylic acids is 1. The highest BCUT2D eigenvalue weighted by Crippen LogP contribution is 2.17. The fourth-order valence-electron chi connectivity index (χ4n) is 0.875. The number of carbonyl (C=O) groups is 1. The molecule has 0 aliphatic carbocycles. The summed E-state index contributed by atoms with van der Waals surface area (Å²) < 4.78 is 0. The summed E-state index contributed by atoms with van der Waals surface area (Å²) in [6.07, 6.45) is 0.0946. The van der Waals surface area contributed by atoms with Gasteiger partial charge in [-0.15, -0.1) is 24.5 Å². The van der Waals surface area contributed by atoms with Gasteiger partial charge in [0.05, 0.1) is 17.1 Å². The Balaban J connectivity index is 0.000000671. The second kappa shape index (κ2) is 5.48. The lowest BCUT2D eigenvalue weighted by atomic mass is 10.3. The molecule has 0 aromatic carbocycles. The molecule has 0 saturated carbocycles. The Labute approximate surface area is 81.8 Å². The first-order valence-electron chi connectivity index (χ1n) is 3.74. The minimum Gasteiger partial charge on any atom is -0.481 e. The molecule has 72 valence electrons. The van der Waals surface area contributed by atoms with Gasteiger partial charge in [-0.2, -0.15) is 0 Å². The number of nitrogens with zero attached hydrogens (tertiary/aromatic N) is 1. The summed E-state index contributed by atoms with van der Waals surface area (Å²) in [6, 6.07) is 0. The van der Waals surface area contributed by atoms with E-state index in [1.807, 2.05) is 13.8 Å². The van der Waals surface area contributed by atoms with E-state index in [-0.39, 0.29) is 6.42 Å². The average Bonchev–Trinajstić information content (AvgIpc) is 2.33. The maximum Gasteiger partial charge on any atom is 0.308 e. The van der Waals surface area contributed by atoms with Gasteiger partial charge in [0.2, 0.25) is 0 Å². The van der Waals surface area contributed by atoms with Crippen LogP contribution in [-0.4, -0.2) is 16.1 Å². The van der Waals surface area contributed by atoms with Gasteiger partial charge in [0.15, 0.2) is 0 Å². The normalized spacial score (nSPS) is 8.77. The largest absolute Gasteiger partial charge is 0.481 e. The highest BCUT2D eigenvalue weighted by Gasteiger charge is 2.07. The molecule has 0 radical (unpaired) electrons. The quantitative estimate of drug-likeness (QED) is 0.743. The number of hydrogen-bond donors (Lipinski definition) is 1. The maximum atomic E-state index is 10.3. The summed E-state index contributed by atoms with van der Waals surface area (Å²) in [5, 5.41) is 9.41. The van der Waals surface area contributed by atoms with E-state index in [1.165, 1.54) is 11.3 Å². The third-order valence-electron chi connectivity index (χ3n) is 1.31. The van der Waals surface area contributed by atoms with E-state index >= 15 is 0 Å². The van der Waals surface area contributed by atoms with E-state index in [0.717, 1.165) is 15.6 Å². The van der Waals surface area contributed by atoms with Crippen LogP contribution in [-0.2, 0) is 11.2 Å². The molecule has 0 fully saturated rings. The smallest absolute Gasteiger partial charge is 0.308 e. The minimum absolute atomic E-state index is 0.0946. The van der Waals surface area contributed by atoms with Crippen molar-refractivity contribution in [3.05, 3.63) is 28.7 Å². The van der Waals surface area contributed by atoms with Crippen molar-refractivity contribution in [2.24, 2.45) is 0 Å². The molecule has 4 heteroatoms. The molecule has 1 N–H and O–H groups in total. The van der Waals surface area contributed by atoms with Crippen LogP contribution < -0.4 is 0 Å². The Morgan fingerprint density at radius 1 is 1.54 bits per heavy atom. The van der Waals surface area contributed by atoms with Gasteiger partial charge in [-0.25, -0.2) is 4.98 Å². The van der Waals surface area contributed by atoms with Crippen LogP contribution >= 0.6 is 11.3 Å². The van der Waals surface area contributed by atoms with Gasteiger partial charge < -0.3 is 5.11 Å². The molecule has 0 unspecified atom stereocenters. The third kappa shape index (κ3) is 3.85. The van der Waals surface area contributed by atoms with E-state index in [9.17, 15) is 4.79 Å². The summed E-state index contributed by atoms with van der Waals surface area (Å²) in [5.41, 5.74) is 0.843. The van der Waals surface area contributed by atoms with E-state index in [2.05, 4.69) is 18.1 Å². The van der Waals surface area contributed by atoms with Crippen molar-refractivity contribution >= 4 is 17.3 Å². The van der Waals surface area contributed by atoms with E-state index in [4.69, 9.17) is 5.11 Å². The number of carboxylic acids is 1. The number of aryl methyl sites for hydroxylation is 2. The summed E-state index contributed by atoms with van der Waals surface area (Å²) in [4.78, 5) is 15.3. The number of carboxylic acid groups (broad SMARTS) is 1. The summed E-state index contributed by atoms with van der Waals surface area (Å²) >= 11 is 1.45. The van der Waals surface area contributed by atoms with Crippen LogP contribution in [0.15, 0.2) is 13.2 Å². The fraction of sp³-hybridized carbons (Fsp3) is 0.333. The zero-order valence-electron chi connectivity index (χ0n) is 7.83. The van der Waals surface area contributed by atoms with Crippen molar-refractivity contribution in [3.63, 3.8) is 0 Å². The molecule has 3 nitrogen and oxygen atoms in total. The van der Waals surface area contributed by atoms with E-state index in [0.29, 0.717) is 0 Å². The van der Waals surface area contributed by atoms with Crippen LogP contribution in [0.1, 0.15) is 15.6 Å². The molecule has 0 aliphatic heterocycles. The van der Waals surface area contributed by atoms with Crippen molar-refractivity contribution < 1.29 is 9.90 Å². The Morgan fingerprint density at radius 2 is 2.08 bits per heavy atom. The maximum absolute atomic E-state index is 10.3. The molecule has 13 heavy (non-hydrogen) atoms. The average molecular weight is 199 g/mol. The van der Waals surface area contributed by atoms with Gasteiger partial charge in [0.25, 0.3) is 0 Å². The topological polar surface area (TPSA) is 50.2 Å². The van der Waals surface area contributed by atoms with Crippen molar-refractivity contribution in [1.82, 2.24) is 4.98 Å². The van der Waals surface area contributed by atoms with Crippen LogP contribution in [0.2, 0.25) is 0 Å². The van der Waals surface area contributed by atoms with Crippen LogP contribution in [0.4, 0.5) is 0 Å². The van der Waals surface area contributed by atoms with Crippen LogP contribution in [0.3, 0.4) is 0 Å². The second-order valence-electron chi connectivity index (χ2n) is 2.31. The molecule has 1 aromatic rings. The van der Waals surface area contributed by atoms with Crippen molar-refractivity contribution in [2.75, 3.05) is 0 Å². The molecule has 0 aliphatic rings. The van der Waals surface area contributed by atoms with Gasteiger partial charge in [-0.3, -0.25) is 4.79 Å². The summed E-state index contributed by atoms with van der Waals surface area (Å²) in [5.74, 6) is -0.795. The first kappa shape index (κ1) is 11.8. The van der Waals surface area contributed by atoms with Crippen LogP contribution in [0.25, 0.3) is 0 Å². The second-order valence-corrected chi connectivity index (χ2v) is 3.60. The van der Waals surface area contributed by atoms with Gasteiger partial charge in [0, 0.05) is 4.88 Å². The Hall–Kier alpha value is -1.16. The highest BCUT2D eigenvalue weighted by atomic mass is 32.1. The predicted octanol–water partition coefficient (Wildman–Crippen LogP) is 2.19. The van der Waals surface area contributed by atoms with Gasteiger partial charge >= 0.3 is 5.97 Å². The molecule has 0 bridgehead atoms. The van der Waals surface area contributed by atoms with E-state index in [1.54, 1.807) is 0 Å². The van der Waals surface area contributed by atoms with Gasteiger partial charge in [-0.05, 0) is 13.8 Å². The van der Waals surface area contributed by atoms with Gasteiger partial charge in [-0.1, -0.05) is 0 Å². The highest BCUT2D eigenvalue weighted by molar-refractivity contribution is 7.11. The van der Waals surface area contributed by atoms with E-state index < -0.39 is 5.97 Å². The lowest BCUT2D eigenvalue weighted by molar-refractivity contribution is -0.136. The monoisotopic (exact) mass is 199 g/mol. The SMILES string of the molecule is C=C.Cc1nc(C)c(CC(=O)O)s1. The zero-order chi connectivity index (χ0) is 10.4. The predicted molar refractivity (Wildman–Crippen MR) is 54.2 cm³/mol. The number of rotatable bonds is 2. The van der Waals surface area contributed by atoms with Crippen molar-refractivity contribution in [3.8, 4) is 0 Å². The standard InChI is InChI=1S/C7H9NO2S.C2H4/c1-4-6(3-7(9)10)11-5(2)8-4;1-2/h3H2,1-2H3,(H,9,10);1-2H2. The Morgan fingerprint density at radius 3 is 2.38 bits per heavy atom. The van der Waals surface area contributed by atoms with Crippen LogP contribution in [0, 0.1) is 13.8 Å². The Bertz CT molecular complexity index is 294. The molecular formula is C9H13NO2S. The molecule has 1 aromatic heterocycles. The zero-order valence-corrected chi connectivity index (χ0v) is 8.65. The minimum atomic E-state index is -0.795. The first-order valence-corrected chi connectivity index (χ1v) is 4.56. The lowest BCUT2D eigenvalue weighted by Gasteiger charge is -1.89.